The smallest absolute Gasteiger partial charge is 0.435 e. The topological polar surface area (TPSA) is 170 Å². The third kappa shape index (κ3) is 5.86. The van der Waals surface area contributed by atoms with Gasteiger partial charge in [-0.1, -0.05) is 6.07 Å². The summed E-state index contributed by atoms with van der Waals surface area (Å²) in [5.74, 6) is 2.48. The van der Waals surface area contributed by atoms with Gasteiger partial charge in [-0.3, -0.25) is 4.79 Å². The SMILES string of the molecule is COc1ccc2c(c1)[C@]1(C[C@H]1c1ccc3c(Nc4nc(C5CC5)nc(N5C[C@@H](C)O[C@@H](C)C5)c4OC)nn(C(=O)OC(C)(C)C)c3c1)C(=O)N2C(=O)O. The van der Waals surface area contributed by atoms with Crippen molar-refractivity contribution in [3.8, 4) is 11.5 Å². The molecule has 4 aromatic rings. The minimum Gasteiger partial charge on any atom is -0.497 e. The lowest BCUT2D eigenvalue weighted by Crippen LogP contribution is -2.46. The second-order valence-electron chi connectivity index (χ2n) is 15.4. The van der Waals surface area contributed by atoms with Crippen LogP contribution in [0.5, 0.6) is 11.5 Å². The second-order valence-corrected chi connectivity index (χ2v) is 15.4. The first-order chi connectivity index (χ1) is 25.2. The van der Waals surface area contributed by atoms with Gasteiger partial charge >= 0.3 is 12.2 Å². The van der Waals surface area contributed by atoms with Crippen LogP contribution >= 0.6 is 0 Å². The molecule has 2 aromatic heterocycles. The Morgan fingerprint density at radius 1 is 1.00 bits per heavy atom. The molecule has 278 valence electrons. The Hall–Kier alpha value is -5.44. The van der Waals surface area contributed by atoms with Crippen molar-refractivity contribution in [3.05, 3.63) is 53.3 Å². The summed E-state index contributed by atoms with van der Waals surface area (Å²) in [5, 5.41) is 18.7. The normalized spacial score (nSPS) is 23.7. The Morgan fingerprint density at radius 3 is 2.38 bits per heavy atom. The fourth-order valence-corrected chi connectivity index (χ4v) is 7.82. The van der Waals surface area contributed by atoms with Crippen molar-refractivity contribution in [1.29, 1.82) is 0 Å². The van der Waals surface area contributed by atoms with Crippen LogP contribution in [0.2, 0.25) is 0 Å². The zero-order valence-corrected chi connectivity index (χ0v) is 30.8. The van der Waals surface area contributed by atoms with E-state index in [0.717, 1.165) is 23.3 Å². The fraction of sp³-hybridized carbons (Fsp3) is 0.474. The average molecular weight is 726 g/mol. The van der Waals surface area contributed by atoms with Crippen LogP contribution in [0, 0.1) is 0 Å². The standard InChI is InChI=1S/C38H43N7O8/c1-19-17-43(18-20(2)52-19)33-29(51-7)32(39-30(41-33)21-8-9-21)40-31-24-12-10-22(14-28(24)45(42-31)36(49)53-37(3,4)5)26-16-38(26)25-15-23(50-6)11-13-27(25)44(34(38)46)35(47)48/h10-15,19-21,26H,8-9,16-18H2,1-7H3,(H,47,48)(H,39,40,41,42)/t19-,20+,26-,38-/m0/s1. The molecular formula is C38H43N7O8. The van der Waals surface area contributed by atoms with Gasteiger partial charge in [-0.05, 0) is 95.3 Å². The summed E-state index contributed by atoms with van der Waals surface area (Å²) in [5.41, 5.74) is 0.209. The molecule has 2 N–H and O–H groups in total. The Balaban J connectivity index is 1.22. The summed E-state index contributed by atoms with van der Waals surface area (Å²) >= 11 is 0. The summed E-state index contributed by atoms with van der Waals surface area (Å²) in [4.78, 5) is 52.7. The van der Waals surface area contributed by atoms with Gasteiger partial charge < -0.3 is 34.3 Å². The quantitative estimate of drug-likeness (QED) is 0.217. The zero-order chi connectivity index (χ0) is 37.6. The number of morpholine rings is 1. The molecule has 4 atom stereocenters. The number of nitrogens with one attached hydrogen (secondary N) is 1. The van der Waals surface area contributed by atoms with Crippen molar-refractivity contribution in [1.82, 2.24) is 19.7 Å². The summed E-state index contributed by atoms with van der Waals surface area (Å²) in [7, 11) is 3.10. The van der Waals surface area contributed by atoms with Crippen molar-refractivity contribution in [2.24, 2.45) is 0 Å². The van der Waals surface area contributed by atoms with E-state index in [9.17, 15) is 19.5 Å². The Kier molecular flexibility index (Phi) is 8.05. The van der Waals surface area contributed by atoms with Crippen molar-refractivity contribution < 1.29 is 38.4 Å². The summed E-state index contributed by atoms with van der Waals surface area (Å²) in [6, 6.07) is 10.5. The Bertz CT molecular complexity index is 2170. The Labute approximate surface area is 306 Å². The lowest BCUT2D eigenvalue weighted by Gasteiger charge is -2.36. The van der Waals surface area contributed by atoms with Crippen LogP contribution in [0.4, 0.5) is 32.7 Å². The van der Waals surface area contributed by atoms with E-state index in [1.54, 1.807) is 46.1 Å². The number of anilines is 4. The van der Waals surface area contributed by atoms with Crippen LogP contribution in [0.3, 0.4) is 0 Å². The molecule has 4 aliphatic rings. The van der Waals surface area contributed by atoms with Gasteiger partial charge in [-0.2, -0.15) is 4.68 Å². The third-order valence-corrected chi connectivity index (χ3v) is 10.3. The van der Waals surface area contributed by atoms with Gasteiger partial charge in [0, 0.05) is 30.3 Å². The predicted molar refractivity (Wildman–Crippen MR) is 195 cm³/mol. The minimum atomic E-state index is -1.34. The maximum atomic E-state index is 13.9. The monoisotopic (exact) mass is 725 g/mol. The number of fused-ring (bicyclic) bond motifs is 3. The number of carboxylic acid groups (broad SMARTS) is 1. The average Bonchev–Trinajstić information content (AvgIpc) is 4.02. The molecule has 1 saturated heterocycles. The van der Waals surface area contributed by atoms with E-state index < -0.39 is 29.1 Å². The van der Waals surface area contributed by atoms with Gasteiger partial charge in [0.25, 0.3) is 0 Å². The zero-order valence-electron chi connectivity index (χ0n) is 30.8. The molecule has 15 heteroatoms. The van der Waals surface area contributed by atoms with E-state index >= 15 is 0 Å². The molecule has 8 rings (SSSR count). The second kappa shape index (κ2) is 12.3. The predicted octanol–water partition coefficient (Wildman–Crippen LogP) is 6.31. The molecule has 2 saturated carbocycles. The summed E-state index contributed by atoms with van der Waals surface area (Å²) in [6.07, 6.45) is 0.330. The number of rotatable bonds is 7. The van der Waals surface area contributed by atoms with Gasteiger partial charge in [0.15, 0.2) is 17.5 Å². The molecule has 15 nitrogen and oxygen atoms in total. The molecule has 0 unspecified atom stereocenters. The minimum absolute atomic E-state index is 0.00489. The number of carbonyl (C=O) groups excluding carboxylic acids is 2. The summed E-state index contributed by atoms with van der Waals surface area (Å²) < 4.78 is 24.4. The number of carbonyl (C=O) groups is 3. The first-order valence-electron chi connectivity index (χ1n) is 17.9. The molecule has 2 amide bonds. The fourth-order valence-electron chi connectivity index (χ4n) is 7.82. The van der Waals surface area contributed by atoms with Gasteiger partial charge in [-0.15, -0.1) is 5.10 Å². The molecule has 4 heterocycles. The van der Waals surface area contributed by atoms with Gasteiger partial charge in [0.05, 0.1) is 43.0 Å². The van der Waals surface area contributed by atoms with Crippen LogP contribution in [-0.2, 0) is 19.7 Å². The van der Waals surface area contributed by atoms with E-state index in [2.05, 4.69) is 10.2 Å². The highest BCUT2D eigenvalue weighted by Crippen LogP contribution is 2.67. The van der Waals surface area contributed by atoms with Crippen molar-refractivity contribution in [2.75, 3.05) is 42.4 Å². The van der Waals surface area contributed by atoms with Gasteiger partial charge in [-0.25, -0.2) is 24.5 Å². The first-order valence-corrected chi connectivity index (χ1v) is 17.9. The third-order valence-electron chi connectivity index (χ3n) is 10.3. The maximum Gasteiger partial charge on any atom is 0.435 e. The highest BCUT2D eigenvalue weighted by atomic mass is 16.6. The number of hydrogen-bond acceptors (Lipinski definition) is 12. The van der Waals surface area contributed by atoms with E-state index in [1.165, 1.54) is 11.8 Å². The number of nitrogens with zero attached hydrogens (tertiary/aromatic N) is 6. The molecule has 2 aromatic carbocycles. The lowest BCUT2D eigenvalue weighted by molar-refractivity contribution is -0.119. The molecule has 3 fully saturated rings. The lowest BCUT2D eigenvalue weighted by atomic mass is 9.91. The summed E-state index contributed by atoms with van der Waals surface area (Å²) in [6.45, 7) is 10.7. The number of imide groups is 1. The van der Waals surface area contributed by atoms with Crippen LogP contribution in [-0.4, -0.2) is 88.1 Å². The molecular weight excluding hydrogens is 682 g/mol. The number of hydrogen-bond donors (Lipinski definition) is 2. The van der Waals surface area contributed by atoms with Gasteiger partial charge in [0.1, 0.15) is 17.2 Å². The highest BCUT2D eigenvalue weighted by molar-refractivity contribution is 6.22. The van der Waals surface area contributed by atoms with Crippen LogP contribution in [0.25, 0.3) is 10.9 Å². The van der Waals surface area contributed by atoms with Crippen LogP contribution in [0.15, 0.2) is 36.4 Å². The van der Waals surface area contributed by atoms with Gasteiger partial charge in [0.2, 0.25) is 11.7 Å². The molecule has 2 aliphatic carbocycles. The number of methoxy groups -OCH3 is 2. The number of benzene rings is 2. The van der Waals surface area contributed by atoms with E-state index in [0.29, 0.717) is 76.4 Å². The van der Waals surface area contributed by atoms with Crippen LogP contribution in [0.1, 0.15) is 82.7 Å². The first kappa shape index (κ1) is 34.6. The highest BCUT2D eigenvalue weighted by Gasteiger charge is 2.68. The van der Waals surface area contributed by atoms with Crippen molar-refractivity contribution >= 4 is 52.1 Å². The molecule has 53 heavy (non-hydrogen) atoms. The molecule has 2 aliphatic heterocycles. The molecule has 0 bridgehead atoms. The van der Waals surface area contributed by atoms with Crippen molar-refractivity contribution in [3.63, 3.8) is 0 Å². The van der Waals surface area contributed by atoms with Crippen LogP contribution < -0.4 is 24.6 Å². The van der Waals surface area contributed by atoms with E-state index in [1.807, 2.05) is 32.0 Å². The van der Waals surface area contributed by atoms with Crippen molar-refractivity contribution in [2.45, 2.75) is 88.9 Å². The largest absolute Gasteiger partial charge is 0.497 e. The maximum absolute atomic E-state index is 13.9. The number of aromatic nitrogens is 4. The molecule has 0 radical (unpaired) electrons. The van der Waals surface area contributed by atoms with E-state index in [-0.39, 0.29) is 24.0 Å². The number of amides is 2. The number of ether oxygens (including phenoxy) is 4. The Morgan fingerprint density at radius 2 is 1.74 bits per heavy atom. The molecule has 1 spiro atoms. The van der Waals surface area contributed by atoms with E-state index in [4.69, 9.17) is 34.0 Å².